The Morgan fingerprint density at radius 2 is 1.94 bits per heavy atom. The van der Waals surface area contributed by atoms with E-state index in [2.05, 4.69) is 44.5 Å². The van der Waals surface area contributed by atoms with Gasteiger partial charge < -0.3 is 5.73 Å². The smallest absolute Gasteiger partial charge is 0.00809 e. The molecule has 1 heterocycles. The predicted octanol–water partition coefficient (Wildman–Crippen LogP) is 3.69. The van der Waals surface area contributed by atoms with Gasteiger partial charge in [0.2, 0.25) is 0 Å². The van der Waals surface area contributed by atoms with E-state index in [0.29, 0.717) is 22.8 Å². The van der Waals surface area contributed by atoms with Crippen LogP contribution in [0.25, 0.3) is 0 Å². The van der Waals surface area contributed by atoms with E-state index in [0.717, 1.165) is 12.8 Å². The minimum Gasteiger partial charge on any atom is -0.327 e. The number of rotatable bonds is 4. The van der Waals surface area contributed by atoms with E-state index in [1.165, 1.54) is 5.56 Å². The molecular formula is C14H23NS. The van der Waals surface area contributed by atoms with Gasteiger partial charge in [-0.3, -0.25) is 0 Å². The van der Waals surface area contributed by atoms with Crippen LogP contribution in [0.4, 0.5) is 0 Å². The lowest BCUT2D eigenvalue weighted by atomic mass is 9.99. The number of nitrogens with two attached hydrogens (primary N) is 1. The summed E-state index contributed by atoms with van der Waals surface area (Å²) in [7, 11) is 0. The highest BCUT2D eigenvalue weighted by Gasteiger charge is 2.66. The summed E-state index contributed by atoms with van der Waals surface area (Å²) in [6.07, 6.45) is 2.25. The maximum atomic E-state index is 6.35. The summed E-state index contributed by atoms with van der Waals surface area (Å²) in [6.45, 7) is 9.40. The molecule has 0 aliphatic heterocycles. The second-order valence-corrected chi connectivity index (χ2v) is 7.04. The van der Waals surface area contributed by atoms with E-state index >= 15 is 0 Å². The molecule has 1 aliphatic rings. The van der Waals surface area contributed by atoms with Gasteiger partial charge >= 0.3 is 0 Å². The van der Waals surface area contributed by atoms with Crippen molar-refractivity contribution in [2.24, 2.45) is 22.5 Å². The molecule has 2 heteroatoms. The molecule has 1 aliphatic carbocycles. The van der Waals surface area contributed by atoms with E-state index in [1.54, 1.807) is 11.3 Å². The lowest BCUT2D eigenvalue weighted by molar-refractivity contribution is 0.457. The van der Waals surface area contributed by atoms with Crippen molar-refractivity contribution in [3.8, 4) is 0 Å². The molecular weight excluding hydrogens is 214 g/mol. The highest BCUT2D eigenvalue weighted by Crippen LogP contribution is 2.69. The van der Waals surface area contributed by atoms with Gasteiger partial charge in [0.25, 0.3) is 0 Å². The van der Waals surface area contributed by atoms with E-state index in [4.69, 9.17) is 5.73 Å². The van der Waals surface area contributed by atoms with Crippen LogP contribution in [0.2, 0.25) is 0 Å². The number of aryl methyl sites for hydroxylation is 1. The van der Waals surface area contributed by atoms with Crippen LogP contribution < -0.4 is 5.73 Å². The van der Waals surface area contributed by atoms with Gasteiger partial charge in [-0.1, -0.05) is 27.7 Å². The second-order valence-electron chi connectivity index (χ2n) is 6.26. The Kier molecular flexibility index (Phi) is 2.92. The first kappa shape index (κ1) is 12.1. The van der Waals surface area contributed by atoms with Crippen molar-refractivity contribution >= 4 is 11.3 Å². The van der Waals surface area contributed by atoms with Crippen LogP contribution in [0, 0.1) is 16.7 Å². The van der Waals surface area contributed by atoms with Crippen LogP contribution in [0.1, 0.15) is 39.7 Å². The zero-order valence-electron chi connectivity index (χ0n) is 10.8. The Balaban J connectivity index is 1.89. The van der Waals surface area contributed by atoms with Crippen LogP contribution in [0.3, 0.4) is 0 Å². The van der Waals surface area contributed by atoms with E-state index in [-0.39, 0.29) is 0 Å². The van der Waals surface area contributed by atoms with Crippen molar-refractivity contribution in [1.82, 2.24) is 0 Å². The Hall–Kier alpha value is -0.340. The van der Waals surface area contributed by atoms with Crippen molar-refractivity contribution in [3.05, 3.63) is 22.4 Å². The number of hydrogen-bond donors (Lipinski definition) is 1. The van der Waals surface area contributed by atoms with Gasteiger partial charge in [0.15, 0.2) is 0 Å². The molecule has 1 aromatic heterocycles. The van der Waals surface area contributed by atoms with Crippen LogP contribution in [-0.2, 0) is 6.42 Å². The highest BCUT2D eigenvalue weighted by atomic mass is 32.1. The predicted molar refractivity (Wildman–Crippen MR) is 71.7 cm³/mol. The fraction of sp³-hybridized carbons (Fsp3) is 0.714. The van der Waals surface area contributed by atoms with Gasteiger partial charge in [-0.25, -0.2) is 0 Å². The maximum Gasteiger partial charge on any atom is 0.00809 e. The zero-order valence-corrected chi connectivity index (χ0v) is 11.6. The monoisotopic (exact) mass is 237 g/mol. The maximum absolute atomic E-state index is 6.35. The summed E-state index contributed by atoms with van der Waals surface area (Å²) in [5, 5.41) is 4.38. The minimum atomic E-state index is 0.352. The van der Waals surface area contributed by atoms with Crippen LogP contribution >= 0.6 is 11.3 Å². The molecule has 1 fully saturated rings. The van der Waals surface area contributed by atoms with Gasteiger partial charge in [-0.05, 0) is 52.0 Å². The molecule has 0 saturated heterocycles. The van der Waals surface area contributed by atoms with Crippen molar-refractivity contribution in [2.45, 2.75) is 46.6 Å². The molecule has 0 spiro atoms. The lowest BCUT2D eigenvalue weighted by Gasteiger charge is -2.13. The third kappa shape index (κ3) is 1.82. The first-order valence-electron chi connectivity index (χ1n) is 6.14. The van der Waals surface area contributed by atoms with E-state index in [1.807, 2.05) is 0 Å². The Morgan fingerprint density at radius 1 is 1.31 bits per heavy atom. The molecule has 1 aromatic rings. The molecule has 1 nitrogen and oxygen atoms in total. The zero-order chi connectivity index (χ0) is 12.0. The third-order valence-corrected chi connectivity index (χ3v) is 5.64. The fourth-order valence-corrected chi connectivity index (χ4v) is 3.96. The topological polar surface area (TPSA) is 26.0 Å². The molecule has 1 unspecified atom stereocenters. The Morgan fingerprint density at radius 3 is 2.38 bits per heavy atom. The fourth-order valence-electron chi connectivity index (χ4n) is 3.25. The minimum absolute atomic E-state index is 0.352. The SMILES string of the molecule is CC1(C)C(C(N)CCc2ccsc2)C1(C)C. The van der Waals surface area contributed by atoms with E-state index in [9.17, 15) is 0 Å². The van der Waals surface area contributed by atoms with Crippen molar-refractivity contribution < 1.29 is 0 Å². The average molecular weight is 237 g/mol. The molecule has 90 valence electrons. The molecule has 16 heavy (non-hydrogen) atoms. The van der Waals surface area contributed by atoms with Gasteiger partial charge in [-0.15, -0.1) is 0 Å². The first-order chi connectivity index (χ1) is 7.37. The van der Waals surface area contributed by atoms with Crippen LogP contribution in [-0.4, -0.2) is 6.04 Å². The molecule has 0 bridgehead atoms. The molecule has 1 saturated carbocycles. The van der Waals surface area contributed by atoms with Crippen molar-refractivity contribution in [2.75, 3.05) is 0 Å². The standard InChI is InChI=1S/C14H23NS/c1-13(2)12(14(13,3)4)11(15)6-5-10-7-8-16-9-10/h7-9,11-12H,5-6,15H2,1-4H3. The first-order valence-corrected chi connectivity index (χ1v) is 7.08. The molecule has 0 amide bonds. The van der Waals surface area contributed by atoms with Crippen molar-refractivity contribution in [3.63, 3.8) is 0 Å². The number of hydrogen-bond acceptors (Lipinski definition) is 2. The molecule has 0 aromatic carbocycles. The summed E-state index contributed by atoms with van der Waals surface area (Å²) < 4.78 is 0. The largest absolute Gasteiger partial charge is 0.327 e. The Labute approximate surface area is 103 Å². The third-order valence-electron chi connectivity index (χ3n) is 4.91. The van der Waals surface area contributed by atoms with Gasteiger partial charge in [0.1, 0.15) is 0 Å². The van der Waals surface area contributed by atoms with Gasteiger partial charge in [0, 0.05) is 6.04 Å². The normalized spacial score (nSPS) is 24.3. The summed E-state index contributed by atoms with van der Waals surface area (Å²) in [6, 6.07) is 2.56. The number of thiophene rings is 1. The second kappa shape index (κ2) is 3.85. The summed E-state index contributed by atoms with van der Waals surface area (Å²) in [5.74, 6) is 0.679. The molecule has 0 radical (unpaired) electrons. The average Bonchev–Trinajstić information content (AvgIpc) is 2.61. The summed E-state index contributed by atoms with van der Waals surface area (Å²) >= 11 is 1.77. The van der Waals surface area contributed by atoms with Gasteiger partial charge in [-0.2, -0.15) is 11.3 Å². The quantitative estimate of drug-likeness (QED) is 0.849. The molecule has 1 atom stereocenters. The van der Waals surface area contributed by atoms with E-state index < -0.39 is 0 Å². The lowest BCUT2D eigenvalue weighted by Crippen LogP contribution is -2.26. The molecule has 2 rings (SSSR count). The molecule has 2 N–H and O–H groups in total. The van der Waals surface area contributed by atoms with Crippen LogP contribution in [0.15, 0.2) is 16.8 Å². The summed E-state index contributed by atoms with van der Waals surface area (Å²) in [4.78, 5) is 0. The van der Waals surface area contributed by atoms with Gasteiger partial charge in [0.05, 0.1) is 0 Å². The Bertz CT molecular complexity index is 337. The highest BCUT2D eigenvalue weighted by molar-refractivity contribution is 7.07. The van der Waals surface area contributed by atoms with Crippen molar-refractivity contribution in [1.29, 1.82) is 0 Å². The summed E-state index contributed by atoms with van der Waals surface area (Å²) in [5.41, 5.74) is 8.63. The van der Waals surface area contributed by atoms with Crippen LogP contribution in [0.5, 0.6) is 0 Å².